The highest BCUT2D eigenvalue weighted by Gasteiger charge is 2.29. The van der Waals surface area contributed by atoms with Gasteiger partial charge in [0, 0.05) is 25.8 Å². The maximum Gasteiger partial charge on any atom is 0.405 e. The first kappa shape index (κ1) is 23.4. The fraction of sp³-hybridized carbons (Fsp3) is 0.429. The number of aromatic nitrogens is 2. The van der Waals surface area contributed by atoms with Gasteiger partial charge < -0.3 is 35.4 Å². The number of pyridine rings is 2. The van der Waals surface area contributed by atoms with Crippen LogP contribution in [-0.4, -0.2) is 72.8 Å². The molecule has 2 aromatic rings. The molecule has 0 aliphatic carbocycles. The number of amides is 1. The van der Waals surface area contributed by atoms with E-state index in [2.05, 4.69) is 25.9 Å². The average molecular weight is 475 g/mol. The lowest BCUT2D eigenvalue weighted by atomic mass is 10.0. The van der Waals surface area contributed by atoms with E-state index >= 15 is 0 Å². The summed E-state index contributed by atoms with van der Waals surface area (Å²) < 4.78 is 39.9. The number of carbonyl (C=O) groups is 1. The second-order valence-electron chi connectivity index (χ2n) is 7.74. The van der Waals surface area contributed by atoms with Gasteiger partial charge in [-0.25, -0.2) is 23.5 Å². The van der Waals surface area contributed by atoms with Crippen LogP contribution in [0, 0.1) is 23.0 Å². The average Bonchev–Trinajstić information content (AvgIpc) is 2.83. The van der Waals surface area contributed by atoms with E-state index in [9.17, 15) is 18.8 Å². The molecule has 0 radical (unpaired) electrons. The van der Waals surface area contributed by atoms with Crippen molar-refractivity contribution >= 4 is 29.2 Å². The maximum atomic E-state index is 14.7. The zero-order valence-corrected chi connectivity index (χ0v) is 18.1. The van der Waals surface area contributed by atoms with Crippen LogP contribution in [-0.2, 0) is 9.47 Å². The van der Waals surface area contributed by atoms with Crippen molar-refractivity contribution in [1.82, 2.24) is 15.3 Å². The van der Waals surface area contributed by atoms with Crippen LogP contribution in [0.25, 0.3) is 0 Å². The quantitative estimate of drug-likeness (QED) is 0.490. The van der Waals surface area contributed by atoms with Crippen molar-refractivity contribution in [3.63, 3.8) is 0 Å². The number of ether oxygens (including phenoxy) is 2. The number of hydrogen-bond acceptors (Lipinski definition) is 9. The standard InChI is InChI=1S/C21H23F2N7O4/c22-13-7-12(9-24)19(29-20(13)26-15-1-4-34-11-17(15)28-21(31)32)27-16-8-18(25-10-14(16)23)30-2-5-33-6-3-30/h7-8,10,15,17,28H,1-6,11H2,(H,31,32)(H2,25,26,27,29)/t15-,17+/m1/s1. The van der Waals surface area contributed by atoms with Crippen LogP contribution in [0.3, 0.4) is 0 Å². The molecule has 13 heteroatoms. The van der Waals surface area contributed by atoms with Crippen molar-refractivity contribution < 1.29 is 28.2 Å². The minimum atomic E-state index is -1.23. The van der Waals surface area contributed by atoms with Gasteiger partial charge in [0.15, 0.2) is 23.3 Å². The maximum absolute atomic E-state index is 14.7. The van der Waals surface area contributed by atoms with E-state index in [0.29, 0.717) is 45.1 Å². The summed E-state index contributed by atoms with van der Waals surface area (Å²) in [7, 11) is 0. The lowest BCUT2D eigenvalue weighted by molar-refractivity contribution is 0.0625. The third kappa shape index (κ3) is 5.41. The molecule has 0 saturated carbocycles. The van der Waals surface area contributed by atoms with E-state index in [1.165, 1.54) is 6.07 Å². The molecule has 11 nitrogen and oxygen atoms in total. The highest BCUT2D eigenvalue weighted by Crippen LogP contribution is 2.28. The largest absolute Gasteiger partial charge is 0.465 e. The Morgan fingerprint density at radius 2 is 1.94 bits per heavy atom. The molecule has 4 rings (SSSR count). The van der Waals surface area contributed by atoms with Gasteiger partial charge in [0.1, 0.15) is 11.9 Å². The van der Waals surface area contributed by atoms with Crippen LogP contribution in [0.5, 0.6) is 0 Å². The normalized spacial score (nSPS) is 20.3. The van der Waals surface area contributed by atoms with Gasteiger partial charge in [-0.2, -0.15) is 5.26 Å². The minimum absolute atomic E-state index is 0.0227. The zero-order valence-electron chi connectivity index (χ0n) is 18.1. The number of hydrogen-bond donors (Lipinski definition) is 4. The van der Waals surface area contributed by atoms with Crippen molar-refractivity contribution in [1.29, 1.82) is 5.26 Å². The van der Waals surface area contributed by atoms with Crippen LogP contribution in [0.2, 0.25) is 0 Å². The first-order chi connectivity index (χ1) is 16.4. The molecule has 2 saturated heterocycles. The molecule has 2 fully saturated rings. The molecule has 2 aliphatic heterocycles. The Bertz CT molecular complexity index is 1090. The smallest absolute Gasteiger partial charge is 0.405 e. The molecule has 2 aliphatic rings. The second kappa shape index (κ2) is 10.4. The Labute approximate surface area is 193 Å². The van der Waals surface area contributed by atoms with E-state index in [1.807, 2.05) is 11.0 Å². The number of halogens is 2. The molecule has 34 heavy (non-hydrogen) atoms. The van der Waals surface area contributed by atoms with E-state index in [0.717, 1.165) is 12.3 Å². The molecule has 0 spiro atoms. The topological polar surface area (TPSA) is 145 Å². The van der Waals surface area contributed by atoms with Gasteiger partial charge in [0.25, 0.3) is 0 Å². The molecular weight excluding hydrogens is 452 g/mol. The molecule has 180 valence electrons. The van der Waals surface area contributed by atoms with Crippen LogP contribution in [0.15, 0.2) is 18.3 Å². The number of nitrogens with one attached hydrogen (secondary N) is 3. The molecule has 4 N–H and O–H groups in total. The SMILES string of the molecule is N#Cc1cc(F)c(N[C@@H]2CCOC[C@@H]2NC(=O)O)nc1Nc1cc(N2CCOCC2)ncc1F. The van der Waals surface area contributed by atoms with E-state index in [1.54, 1.807) is 0 Å². The van der Waals surface area contributed by atoms with Crippen molar-refractivity contribution in [3.05, 3.63) is 35.5 Å². The highest BCUT2D eigenvalue weighted by atomic mass is 19.1. The number of nitriles is 1. The fourth-order valence-electron chi connectivity index (χ4n) is 3.77. The van der Waals surface area contributed by atoms with Crippen molar-refractivity contribution in [3.8, 4) is 6.07 Å². The predicted octanol–water partition coefficient (Wildman–Crippen LogP) is 2.04. The van der Waals surface area contributed by atoms with Gasteiger partial charge in [-0.05, 0) is 12.5 Å². The van der Waals surface area contributed by atoms with Gasteiger partial charge in [0.05, 0.1) is 49.4 Å². The molecule has 0 unspecified atom stereocenters. The predicted molar refractivity (Wildman–Crippen MR) is 117 cm³/mol. The first-order valence-electron chi connectivity index (χ1n) is 10.6. The zero-order chi connectivity index (χ0) is 24.1. The second-order valence-corrected chi connectivity index (χ2v) is 7.74. The van der Waals surface area contributed by atoms with Crippen LogP contribution >= 0.6 is 0 Å². The number of morpholine rings is 1. The Balaban J connectivity index is 1.59. The molecule has 2 atom stereocenters. The molecule has 0 bridgehead atoms. The van der Waals surface area contributed by atoms with E-state index in [-0.39, 0.29) is 29.5 Å². The van der Waals surface area contributed by atoms with Crippen LogP contribution in [0.1, 0.15) is 12.0 Å². The molecule has 4 heterocycles. The molecule has 1 amide bonds. The van der Waals surface area contributed by atoms with Gasteiger partial charge in [0.2, 0.25) is 0 Å². The summed E-state index contributed by atoms with van der Waals surface area (Å²) in [6.07, 6.45) is 0.227. The molecule has 2 aromatic heterocycles. The summed E-state index contributed by atoms with van der Waals surface area (Å²) in [6, 6.07) is 3.20. The molecular formula is C21H23F2N7O4. The van der Waals surface area contributed by atoms with Crippen LogP contribution < -0.4 is 20.9 Å². The Morgan fingerprint density at radius 3 is 2.68 bits per heavy atom. The number of nitrogens with zero attached hydrogens (tertiary/aromatic N) is 4. The number of anilines is 4. The third-order valence-corrected chi connectivity index (χ3v) is 5.51. The van der Waals surface area contributed by atoms with Gasteiger partial charge in [-0.15, -0.1) is 0 Å². The Hall–Kier alpha value is -3.76. The van der Waals surface area contributed by atoms with Crippen molar-refractivity contribution in [2.75, 3.05) is 55.1 Å². The summed E-state index contributed by atoms with van der Waals surface area (Å²) >= 11 is 0. The highest BCUT2D eigenvalue weighted by molar-refractivity contribution is 5.68. The minimum Gasteiger partial charge on any atom is -0.465 e. The van der Waals surface area contributed by atoms with Gasteiger partial charge in [-0.1, -0.05) is 0 Å². The summed E-state index contributed by atoms with van der Waals surface area (Å²) in [4.78, 5) is 21.3. The lowest BCUT2D eigenvalue weighted by Gasteiger charge is -2.32. The summed E-state index contributed by atoms with van der Waals surface area (Å²) in [5.41, 5.74) is -0.103. The van der Waals surface area contributed by atoms with Gasteiger partial charge in [-0.3, -0.25) is 0 Å². The van der Waals surface area contributed by atoms with Crippen molar-refractivity contribution in [2.45, 2.75) is 18.5 Å². The summed E-state index contributed by atoms with van der Waals surface area (Å²) in [5, 5.41) is 26.5. The number of carboxylic acid groups (broad SMARTS) is 1. The van der Waals surface area contributed by atoms with Crippen LogP contribution in [0.4, 0.5) is 36.7 Å². The summed E-state index contributed by atoms with van der Waals surface area (Å²) in [5.74, 6) is -1.20. The van der Waals surface area contributed by atoms with Gasteiger partial charge >= 0.3 is 6.09 Å². The Morgan fingerprint density at radius 1 is 1.15 bits per heavy atom. The van der Waals surface area contributed by atoms with E-state index < -0.39 is 29.8 Å². The van der Waals surface area contributed by atoms with E-state index in [4.69, 9.17) is 14.6 Å². The molecule has 0 aromatic carbocycles. The fourth-order valence-corrected chi connectivity index (χ4v) is 3.77. The van der Waals surface area contributed by atoms with Crippen molar-refractivity contribution in [2.24, 2.45) is 0 Å². The lowest BCUT2D eigenvalue weighted by Crippen LogP contribution is -2.52. The summed E-state index contributed by atoms with van der Waals surface area (Å²) in [6.45, 7) is 2.71. The number of rotatable bonds is 6. The Kier molecular flexibility index (Phi) is 7.19. The third-order valence-electron chi connectivity index (χ3n) is 5.51. The first-order valence-corrected chi connectivity index (χ1v) is 10.6. The monoisotopic (exact) mass is 475 g/mol.